The Labute approximate surface area is 122 Å². The number of hydrogen-bond acceptors (Lipinski definition) is 4. The molecule has 0 aromatic heterocycles. The monoisotopic (exact) mass is 277 g/mol. The lowest BCUT2D eigenvalue weighted by atomic mass is 9.95. The zero-order valence-electron chi connectivity index (χ0n) is 12.8. The molecule has 1 fully saturated rings. The SMILES string of the molecule is CC(C)Cc1cccc(C(NN)C2CN(C)CCO2)c1. The molecule has 0 saturated carbocycles. The number of hydrazine groups is 1. The third-order valence-corrected chi connectivity index (χ3v) is 3.80. The van der Waals surface area contributed by atoms with E-state index < -0.39 is 0 Å². The summed E-state index contributed by atoms with van der Waals surface area (Å²) in [6.45, 7) is 7.14. The normalized spacial score (nSPS) is 22.1. The van der Waals surface area contributed by atoms with Crippen LogP contribution in [0.25, 0.3) is 0 Å². The molecule has 0 radical (unpaired) electrons. The maximum atomic E-state index is 5.89. The van der Waals surface area contributed by atoms with E-state index >= 15 is 0 Å². The minimum Gasteiger partial charge on any atom is -0.374 e. The Morgan fingerprint density at radius 3 is 2.90 bits per heavy atom. The fraction of sp³-hybridized carbons (Fsp3) is 0.625. The lowest BCUT2D eigenvalue weighted by molar-refractivity contribution is -0.0393. The van der Waals surface area contributed by atoms with Crippen LogP contribution in [0.3, 0.4) is 0 Å². The fourth-order valence-electron chi connectivity index (χ4n) is 2.82. The second kappa shape index (κ2) is 7.18. The Hall–Kier alpha value is -0.940. The van der Waals surface area contributed by atoms with Gasteiger partial charge < -0.3 is 9.64 Å². The van der Waals surface area contributed by atoms with Gasteiger partial charge in [-0.2, -0.15) is 0 Å². The molecular weight excluding hydrogens is 250 g/mol. The van der Waals surface area contributed by atoms with Gasteiger partial charge in [-0.25, -0.2) is 0 Å². The Morgan fingerprint density at radius 1 is 1.45 bits per heavy atom. The summed E-state index contributed by atoms with van der Waals surface area (Å²) in [5.41, 5.74) is 5.51. The molecule has 0 bridgehead atoms. The van der Waals surface area contributed by atoms with Crippen LogP contribution in [-0.4, -0.2) is 37.7 Å². The molecule has 0 amide bonds. The lowest BCUT2D eigenvalue weighted by Gasteiger charge is -2.35. The van der Waals surface area contributed by atoms with Gasteiger partial charge in [0.05, 0.1) is 18.8 Å². The van der Waals surface area contributed by atoms with E-state index in [-0.39, 0.29) is 12.1 Å². The van der Waals surface area contributed by atoms with Crippen molar-refractivity contribution < 1.29 is 4.74 Å². The summed E-state index contributed by atoms with van der Waals surface area (Å²) in [6, 6.07) is 8.73. The Kier molecular flexibility index (Phi) is 5.54. The second-order valence-corrected chi connectivity index (χ2v) is 6.16. The second-order valence-electron chi connectivity index (χ2n) is 6.16. The van der Waals surface area contributed by atoms with Crippen molar-refractivity contribution in [3.63, 3.8) is 0 Å². The molecule has 20 heavy (non-hydrogen) atoms. The first-order chi connectivity index (χ1) is 9.60. The smallest absolute Gasteiger partial charge is 0.0909 e. The first-order valence-electron chi connectivity index (χ1n) is 7.45. The molecule has 1 aromatic rings. The van der Waals surface area contributed by atoms with Gasteiger partial charge in [0.15, 0.2) is 0 Å². The number of hydrogen-bond donors (Lipinski definition) is 2. The van der Waals surface area contributed by atoms with Crippen LogP contribution in [0.1, 0.15) is 31.0 Å². The van der Waals surface area contributed by atoms with Crippen molar-refractivity contribution in [1.82, 2.24) is 10.3 Å². The summed E-state index contributed by atoms with van der Waals surface area (Å²) in [5, 5.41) is 0. The summed E-state index contributed by atoms with van der Waals surface area (Å²) in [4.78, 5) is 2.29. The predicted molar refractivity (Wildman–Crippen MR) is 82.3 cm³/mol. The largest absolute Gasteiger partial charge is 0.374 e. The highest BCUT2D eigenvalue weighted by Gasteiger charge is 2.27. The molecule has 1 saturated heterocycles. The van der Waals surface area contributed by atoms with Crippen molar-refractivity contribution in [2.24, 2.45) is 11.8 Å². The molecule has 2 atom stereocenters. The third kappa shape index (κ3) is 4.03. The number of nitrogens with zero attached hydrogens (tertiary/aromatic N) is 1. The van der Waals surface area contributed by atoms with Gasteiger partial charge in [-0.1, -0.05) is 38.1 Å². The summed E-state index contributed by atoms with van der Waals surface area (Å²) in [5.74, 6) is 6.44. The maximum absolute atomic E-state index is 5.89. The number of likely N-dealkylation sites (N-methyl/N-ethyl adjacent to an activating group) is 1. The molecule has 2 rings (SSSR count). The van der Waals surface area contributed by atoms with Gasteiger partial charge >= 0.3 is 0 Å². The van der Waals surface area contributed by atoms with Crippen LogP contribution in [-0.2, 0) is 11.2 Å². The Morgan fingerprint density at radius 2 is 2.25 bits per heavy atom. The molecular formula is C16H27N3O. The van der Waals surface area contributed by atoms with Gasteiger partial charge in [0.2, 0.25) is 0 Å². The molecule has 3 N–H and O–H groups in total. The van der Waals surface area contributed by atoms with Gasteiger partial charge in [-0.3, -0.25) is 11.3 Å². The first-order valence-corrected chi connectivity index (χ1v) is 7.45. The molecule has 112 valence electrons. The minimum atomic E-state index is 0.0462. The van der Waals surface area contributed by atoms with Gasteiger partial charge in [-0.05, 0) is 30.5 Å². The van der Waals surface area contributed by atoms with E-state index in [0.717, 1.165) is 26.1 Å². The van der Waals surface area contributed by atoms with Crippen molar-refractivity contribution in [3.8, 4) is 0 Å². The van der Waals surface area contributed by atoms with Crippen LogP contribution in [0, 0.1) is 5.92 Å². The number of benzene rings is 1. The van der Waals surface area contributed by atoms with Gasteiger partial charge in [-0.15, -0.1) is 0 Å². The zero-order valence-corrected chi connectivity index (χ0v) is 12.8. The van der Waals surface area contributed by atoms with Gasteiger partial charge in [0.25, 0.3) is 0 Å². The van der Waals surface area contributed by atoms with Crippen molar-refractivity contribution in [1.29, 1.82) is 0 Å². The van der Waals surface area contributed by atoms with Crippen molar-refractivity contribution >= 4 is 0 Å². The van der Waals surface area contributed by atoms with Crippen LogP contribution in [0.2, 0.25) is 0 Å². The third-order valence-electron chi connectivity index (χ3n) is 3.80. The van der Waals surface area contributed by atoms with E-state index in [0.29, 0.717) is 5.92 Å². The Bertz CT molecular complexity index is 422. The summed E-state index contributed by atoms with van der Waals surface area (Å²) in [7, 11) is 2.12. The molecule has 1 aliphatic heterocycles. The number of morpholine rings is 1. The molecule has 1 aliphatic rings. The molecule has 1 heterocycles. The zero-order chi connectivity index (χ0) is 14.5. The van der Waals surface area contributed by atoms with Crippen LogP contribution < -0.4 is 11.3 Å². The first kappa shape index (κ1) is 15.4. The van der Waals surface area contributed by atoms with Crippen molar-refractivity contribution in [2.75, 3.05) is 26.7 Å². The lowest BCUT2D eigenvalue weighted by Crippen LogP contribution is -2.48. The van der Waals surface area contributed by atoms with E-state index in [1.54, 1.807) is 0 Å². The van der Waals surface area contributed by atoms with E-state index in [9.17, 15) is 0 Å². The summed E-state index contributed by atoms with van der Waals surface area (Å²) >= 11 is 0. The highest BCUT2D eigenvalue weighted by atomic mass is 16.5. The molecule has 4 heteroatoms. The van der Waals surface area contributed by atoms with Crippen molar-refractivity contribution in [2.45, 2.75) is 32.4 Å². The minimum absolute atomic E-state index is 0.0462. The quantitative estimate of drug-likeness (QED) is 0.635. The van der Waals surface area contributed by atoms with Gasteiger partial charge in [0, 0.05) is 13.1 Å². The number of ether oxygens (including phenoxy) is 1. The average molecular weight is 277 g/mol. The van der Waals surface area contributed by atoms with E-state index in [1.807, 2.05) is 0 Å². The maximum Gasteiger partial charge on any atom is 0.0909 e. The highest BCUT2D eigenvalue weighted by Crippen LogP contribution is 2.23. The van der Waals surface area contributed by atoms with Crippen LogP contribution in [0.5, 0.6) is 0 Å². The number of rotatable bonds is 5. The fourth-order valence-corrected chi connectivity index (χ4v) is 2.82. The van der Waals surface area contributed by atoms with Gasteiger partial charge in [0.1, 0.15) is 0 Å². The molecule has 0 aliphatic carbocycles. The Balaban J connectivity index is 2.14. The number of nitrogens with one attached hydrogen (secondary N) is 1. The average Bonchev–Trinajstić information content (AvgIpc) is 2.39. The molecule has 2 unspecified atom stereocenters. The molecule has 4 nitrogen and oxygen atoms in total. The van der Waals surface area contributed by atoms with E-state index in [2.05, 4.69) is 55.5 Å². The van der Waals surface area contributed by atoms with Crippen LogP contribution in [0.4, 0.5) is 0 Å². The number of nitrogens with two attached hydrogens (primary N) is 1. The summed E-state index contributed by atoms with van der Waals surface area (Å²) in [6.07, 6.45) is 1.20. The van der Waals surface area contributed by atoms with E-state index in [4.69, 9.17) is 10.6 Å². The summed E-state index contributed by atoms with van der Waals surface area (Å²) < 4.78 is 5.89. The van der Waals surface area contributed by atoms with Crippen LogP contribution in [0.15, 0.2) is 24.3 Å². The topological polar surface area (TPSA) is 50.5 Å². The standard InChI is InChI=1S/C16H27N3O/c1-12(2)9-13-5-4-6-14(10-13)16(18-17)15-11-19(3)7-8-20-15/h4-6,10,12,15-16,18H,7-9,11,17H2,1-3H3. The van der Waals surface area contributed by atoms with E-state index in [1.165, 1.54) is 11.1 Å². The predicted octanol–water partition coefficient (Wildman–Crippen LogP) is 1.72. The molecule has 1 aromatic carbocycles. The van der Waals surface area contributed by atoms with Crippen LogP contribution >= 0.6 is 0 Å². The van der Waals surface area contributed by atoms with Crippen molar-refractivity contribution in [3.05, 3.63) is 35.4 Å². The molecule has 0 spiro atoms. The highest BCUT2D eigenvalue weighted by molar-refractivity contribution is 5.27.